The second-order valence-corrected chi connectivity index (χ2v) is 11.0. The molecule has 0 radical (unpaired) electrons. The van der Waals surface area contributed by atoms with Gasteiger partial charge in [-0.05, 0) is 73.1 Å². The lowest BCUT2D eigenvalue weighted by molar-refractivity contribution is -0.115. The van der Waals surface area contributed by atoms with Gasteiger partial charge < -0.3 is 5.32 Å². The van der Waals surface area contributed by atoms with Crippen molar-refractivity contribution in [3.63, 3.8) is 0 Å². The number of carbonyl (C=O) groups is 1. The molecule has 4 nitrogen and oxygen atoms in total. The van der Waals surface area contributed by atoms with Crippen molar-refractivity contribution < 1.29 is 4.79 Å². The Hall–Kier alpha value is -2.32. The van der Waals surface area contributed by atoms with E-state index in [-0.39, 0.29) is 16.6 Å². The van der Waals surface area contributed by atoms with Gasteiger partial charge >= 0.3 is 0 Å². The SMILES string of the molecule is CCc1cccc(C)c1NC(=O)C(CC)Sc1nc2c(cc1C#N)CC(C(C)(C)C)CC2. The Morgan fingerprint density at radius 1 is 1.34 bits per heavy atom. The lowest BCUT2D eigenvalue weighted by atomic mass is 9.71. The minimum atomic E-state index is -0.303. The molecule has 1 aromatic carbocycles. The highest BCUT2D eigenvalue weighted by Gasteiger charge is 2.30. The summed E-state index contributed by atoms with van der Waals surface area (Å²) < 4.78 is 0. The molecule has 2 aromatic rings. The second kappa shape index (κ2) is 10.1. The number of rotatable bonds is 6. The second-order valence-electron chi connectivity index (χ2n) is 9.83. The Balaban J connectivity index is 1.83. The Bertz CT molecular complexity index is 1030. The van der Waals surface area contributed by atoms with Gasteiger partial charge in [0.1, 0.15) is 11.1 Å². The normalized spacial score (nSPS) is 16.7. The molecule has 170 valence electrons. The van der Waals surface area contributed by atoms with Crippen LogP contribution in [0.2, 0.25) is 0 Å². The predicted octanol–water partition coefficient (Wildman–Crippen LogP) is 6.48. The minimum Gasteiger partial charge on any atom is -0.325 e. The van der Waals surface area contributed by atoms with E-state index >= 15 is 0 Å². The van der Waals surface area contributed by atoms with Crippen LogP contribution < -0.4 is 5.32 Å². The third-order valence-corrected chi connectivity index (χ3v) is 7.97. The van der Waals surface area contributed by atoms with Gasteiger partial charge in [-0.25, -0.2) is 4.98 Å². The number of hydrogen-bond donors (Lipinski definition) is 1. The van der Waals surface area contributed by atoms with Crippen LogP contribution in [0.4, 0.5) is 5.69 Å². The molecular weight excluding hydrogens is 414 g/mol. The van der Waals surface area contributed by atoms with Crippen molar-refractivity contribution in [2.24, 2.45) is 11.3 Å². The van der Waals surface area contributed by atoms with Crippen LogP contribution in [-0.2, 0) is 24.1 Å². The van der Waals surface area contributed by atoms with E-state index in [1.54, 1.807) is 0 Å². The van der Waals surface area contributed by atoms with E-state index in [1.807, 2.05) is 32.0 Å². The highest BCUT2D eigenvalue weighted by Crippen LogP contribution is 2.39. The number of para-hydroxylation sites is 1. The first-order valence-electron chi connectivity index (χ1n) is 11.7. The number of nitrogens with zero attached hydrogens (tertiary/aromatic N) is 2. The number of aryl methyl sites for hydroxylation is 3. The van der Waals surface area contributed by atoms with E-state index in [0.29, 0.717) is 22.9 Å². The fraction of sp³-hybridized carbons (Fsp3) is 0.519. The van der Waals surface area contributed by atoms with Crippen LogP contribution >= 0.6 is 11.8 Å². The predicted molar refractivity (Wildman–Crippen MR) is 133 cm³/mol. The van der Waals surface area contributed by atoms with E-state index in [0.717, 1.165) is 48.2 Å². The Morgan fingerprint density at radius 3 is 2.72 bits per heavy atom. The van der Waals surface area contributed by atoms with Gasteiger partial charge in [-0.15, -0.1) is 0 Å². The molecule has 32 heavy (non-hydrogen) atoms. The molecule has 1 amide bonds. The molecule has 1 aliphatic rings. The third kappa shape index (κ3) is 5.35. The first kappa shape index (κ1) is 24.3. The average molecular weight is 450 g/mol. The molecule has 2 unspecified atom stereocenters. The highest BCUT2D eigenvalue weighted by atomic mass is 32.2. The molecule has 0 aliphatic heterocycles. The smallest absolute Gasteiger partial charge is 0.237 e. The quantitative estimate of drug-likeness (QED) is 0.512. The zero-order chi connectivity index (χ0) is 23.5. The van der Waals surface area contributed by atoms with Crippen LogP contribution in [0, 0.1) is 29.6 Å². The van der Waals surface area contributed by atoms with Crippen molar-refractivity contribution in [2.75, 3.05) is 5.32 Å². The van der Waals surface area contributed by atoms with Crippen molar-refractivity contribution >= 4 is 23.4 Å². The molecule has 0 saturated heterocycles. The lowest BCUT2D eigenvalue weighted by Gasteiger charge is -2.34. The first-order valence-corrected chi connectivity index (χ1v) is 12.5. The van der Waals surface area contributed by atoms with Crippen LogP contribution in [0.3, 0.4) is 0 Å². The van der Waals surface area contributed by atoms with E-state index in [2.05, 4.69) is 45.1 Å². The monoisotopic (exact) mass is 449 g/mol. The van der Waals surface area contributed by atoms with Gasteiger partial charge in [0.2, 0.25) is 5.91 Å². The molecule has 2 atom stereocenters. The maximum atomic E-state index is 13.2. The minimum absolute atomic E-state index is 0.0299. The summed E-state index contributed by atoms with van der Waals surface area (Å²) in [6.45, 7) is 13.0. The largest absolute Gasteiger partial charge is 0.325 e. The van der Waals surface area contributed by atoms with Gasteiger partial charge in [-0.2, -0.15) is 5.26 Å². The Labute approximate surface area is 197 Å². The summed E-state index contributed by atoms with van der Waals surface area (Å²) in [6, 6.07) is 10.4. The number of carbonyl (C=O) groups excluding carboxylic acids is 1. The molecule has 5 heteroatoms. The molecule has 0 spiro atoms. The Morgan fingerprint density at radius 2 is 2.09 bits per heavy atom. The number of hydrogen-bond acceptors (Lipinski definition) is 4. The molecule has 1 aliphatic carbocycles. The molecule has 1 N–H and O–H groups in total. The number of amides is 1. The number of nitrogens with one attached hydrogen (secondary N) is 1. The first-order chi connectivity index (χ1) is 15.2. The Kier molecular flexibility index (Phi) is 7.67. The van der Waals surface area contributed by atoms with Crippen LogP contribution in [0.5, 0.6) is 0 Å². The van der Waals surface area contributed by atoms with Crippen molar-refractivity contribution in [3.05, 3.63) is 52.2 Å². The summed E-state index contributed by atoms with van der Waals surface area (Å²) in [7, 11) is 0. The van der Waals surface area contributed by atoms with Gasteiger partial charge in [0.05, 0.1) is 10.8 Å². The zero-order valence-electron chi connectivity index (χ0n) is 20.2. The van der Waals surface area contributed by atoms with Gasteiger partial charge in [0, 0.05) is 11.4 Å². The molecule has 1 aromatic heterocycles. The summed E-state index contributed by atoms with van der Waals surface area (Å²) in [5, 5.41) is 13.3. The van der Waals surface area contributed by atoms with E-state index in [9.17, 15) is 10.1 Å². The highest BCUT2D eigenvalue weighted by molar-refractivity contribution is 8.00. The standard InChI is InChI=1S/C27H35N3OS/c1-7-18-11-9-10-17(3)24(18)30-25(31)23(8-2)32-26-20(16-28)14-19-15-21(27(4,5)6)12-13-22(19)29-26/h9-11,14,21,23H,7-8,12-13,15H2,1-6H3,(H,30,31). The summed E-state index contributed by atoms with van der Waals surface area (Å²) >= 11 is 1.42. The topological polar surface area (TPSA) is 65.8 Å². The fourth-order valence-corrected chi connectivity index (χ4v) is 5.41. The fourth-order valence-electron chi connectivity index (χ4n) is 4.42. The average Bonchev–Trinajstić information content (AvgIpc) is 2.76. The van der Waals surface area contributed by atoms with Crippen LogP contribution in [-0.4, -0.2) is 16.1 Å². The van der Waals surface area contributed by atoms with E-state index in [4.69, 9.17) is 4.98 Å². The van der Waals surface area contributed by atoms with Crippen molar-refractivity contribution in [1.82, 2.24) is 4.98 Å². The van der Waals surface area contributed by atoms with Crippen LogP contribution in [0.15, 0.2) is 29.3 Å². The van der Waals surface area contributed by atoms with Crippen molar-refractivity contribution in [3.8, 4) is 6.07 Å². The molecular formula is C27H35N3OS. The molecule has 0 fully saturated rings. The molecule has 1 heterocycles. The van der Waals surface area contributed by atoms with E-state index in [1.165, 1.54) is 17.3 Å². The number of benzene rings is 1. The molecule has 0 saturated carbocycles. The summed E-state index contributed by atoms with van der Waals surface area (Å²) in [6.07, 6.45) is 4.55. The summed E-state index contributed by atoms with van der Waals surface area (Å²) in [4.78, 5) is 18.1. The molecule has 3 rings (SSSR count). The number of pyridine rings is 1. The zero-order valence-corrected chi connectivity index (χ0v) is 21.0. The van der Waals surface area contributed by atoms with Gasteiger partial charge in [0.25, 0.3) is 0 Å². The maximum Gasteiger partial charge on any atom is 0.237 e. The summed E-state index contributed by atoms with van der Waals surface area (Å²) in [5.41, 5.74) is 6.23. The third-order valence-electron chi connectivity index (χ3n) is 6.60. The number of aromatic nitrogens is 1. The van der Waals surface area contributed by atoms with Gasteiger partial charge in [-0.3, -0.25) is 4.79 Å². The van der Waals surface area contributed by atoms with Crippen LogP contribution in [0.1, 0.15) is 75.4 Å². The molecule has 0 bridgehead atoms. The van der Waals surface area contributed by atoms with Crippen molar-refractivity contribution in [1.29, 1.82) is 5.26 Å². The van der Waals surface area contributed by atoms with Gasteiger partial charge in [0.15, 0.2) is 0 Å². The van der Waals surface area contributed by atoms with Crippen LogP contribution in [0.25, 0.3) is 0 Å². The number of fused-ring (bicyclic) bond motifs is 1. The number of thioether (sulfide) groups is 1. The lowest BCUT2D eigenvalue weighted by Crippen LogP contribution is -2.28. The van der Waals surface area contributed by atoms with Crippen molar-refractivity contribution in [2.45, 2.75) is 83.9 Å². The summed E-state index contributed by atoms with van der Waals surface area (Å²) in [5.74, 6) is 0.565. The van der Waals surface area contributed by atoms with Gasteiger partial charge in [-0.1, -0.05) is 64.6 Å². The maximum absolute atomic E-state index is 13.2. The van der Waals surface area contributed by atoms with E-state index < -0.39 is 0 Å². The number of anilines is 1. The number of nitriles is 1.